The number of rotatable bonds is 5. The van der Waals surface area contributed by atoms with Crippen LogP contribution in [0, 0.1) is 6.92 Å². The van der Waals surface area contributed by atoms with Crippen molar-refractivity contribution in [2.75, 3.05) is 30.8 Å². The zero-order valence-corrected chi connectivity index (χ0v) is 11.5. The molecule has 0 aliphatic rings. The fourth-order valence-corrected chi connectivity index (χ4v) is 1.97. The Morgan fingerprint density at radius 3 is 2.76 bits per heavy atom. The molecule has 0 saturated carbocycles. The number of anilines is 2. The highest BCUT2D eigenvalue weighted by atomic mass is 19.4. The Morgan fingerprint density at radius 2 is 2.05 bits per heavy atom. The van der Waals surface area contributed by atoms with E-state index in [1.165, 1.54) is 0 Å². The van der Waals surface area contributed by atoms with Crippen LogP contribution < -0.4 is 11.1 Å². The number of alkyl halides is 3. The summed E-state index contributed by atoms with van der Waals surface area (Å²) in [4.78, 5) is 4.19. The molecule has 1 heterocycles. The van der Waals surface area contributed by atoms with Gasteiger partial charge in [0.05, 0.1) is 6.61 Å². The first-order valence-corrected chi connectivity index (χ1v) is 6.40. The Bertz CT molecular complexity index is 629. The number of nitrogens with one attached hydrogen (secondary N) is 1. The number of benzene rings is 1. The first-order chi connectivity index (χ1) is 9.87. The molecule has 1 aromatic heterocycles. The summed E-state index contributed by atoms with van der Waals surface area (Å²) in [6, 6.07) is 5.41. The Labute approximate surface area is 120 Å². The van der Waals surface area contributed by atoms with Crippen molar-refractivity contribution >= 4 is 22.1 Å². The summed E-state index contributed by atoms with van der Waals surface area (Å²) in [5, 5.41) is 4.75. The molecule has 2 aromatic rings. The number of aryl methyl sites for hydroxylation is 1. The molecule has 0 spiro atoms. The maximum Gasteiger partial charge on any atom is 0.411 e. The summed E-state index contributed by atoms with van der Waals surface area (Å²) in [5.41, 5.74) is 8.12. The molecule has 7 heteroatoms. The van der Waals surface area contributed by atoms with Gasteiger partial charge in [0, 0.05) is 40.6 Å². The van der Waals surface area contributed by atoms with Crippen LogP contribution in [-0.2, 0) is 4.74 Å². The molecule has 0 saturated heterocycles. The van der Waals surface area contributed by atoms with E-state index in [1.807, 2.05) is 13.0 Å². The summed E-state index contributed by atoms with van der Waals surface area (Å²) >= 11 is 0. The minimum absolute atomic E-state index is 0.0323. The minimum atomic E-state index is -4.29. The normalized spacial score (nSPS) is 11.8. The number of nitrogen functional groups attached to an aromatic ring is 1. The predicted octanol–water partition coefficient (Wildman–Crippen LogP) is 3.12. The largest absolute Gasteiger partial charge is 0.411 e. The molecule has 21 heavy (non-hydrogen) atoms. The summed E-state index contributed by atoms with van der Waals surface area (Å²) in [6.07, 6.45) is -2.61. The molecule has 0 aliphatic carbocycles. The molecule has 0 aliphatic heterocycles. The molecular weight excluding hydrogens is 283 g/mol. The summed E-state index contributed by atoms with van der Waals surface area (Å²) in [5.74, 6) is 0. The lowest BCUT2D eigenvalue weighted by atomic mass is 10.1. The quantitative estimate of drug-likeness (QED) is 0.658. The number of hydrogen-bond donors (Lipinski definition) is 2. The first kappa shape index (κ1) is 15.4. The third kappa shape index (κ3) is 4.22. The van der Waals surface area contributed by atoms with E-state index in [0.717, 1.165) is 22.2 Å². The van der Waals surface area contributed by atoms with E-state index in [4.69, 9.17) is 5.73 Å². The van der Waals surface area contributed by atoms with E-state index in [1.54, 1.807) is 18.3 Å². The SMILES string of the molecule is Cc1cc2c(NCCOCC(F)(F)F)ccc(N)c2cn1. The smallest absolute Gasteiger partial charge is 0.398 e. The van der Waals surface area contributed by atoms with Gasteiger partial charge in [-0.3, -0.25) is 4.98 Å². The average molecular weight is 299 g/mol. The van der Waals surface area contributed by atoms with Crippen molar-refractivity contribution in [3.63, 3.8) is 0 Å². The molecule has 2 rings (SSSR count). The Balaban J connectivity index is 2.02. The summed E-state index contributed by atoms with van der Waals surface area (Å²) in [7, 11) is 0. The standard InChI is InChI=1S/C14H16F3N3O/c1-9-6-10-11(7-20-9)12(18)2-3-13(10)19-4-5-21-8-14(15,16)17/h2-3,6-7,19H,4-5,8,18H2,1H3. The van der Waals surface area contributed by atoms with Gasteiger partial charge in [0.1, 0.15) is 6.61 Å². The van der Waals surface area contributed by atoms with Crippen LogP contribution >= 0.6 is 0 Å². The molecule has 0 bridgehead atoms. The molecule has 1 aromatic carbocycles. The van der Waals surface area contributed by atoms with Crippen LogP contribution in [0.15, 0.2) is 24.4 Å². The fourth-order valence-electron chi connectivity index (χ4n) is 1.97. The number of fused-ring (bicyclic) bond motifs is 1. The van der Waals surface area contributed by atoms with E-state index in [-0.39, 0.29) is 13.2 Å². The van der Waals surface area contributed by atoms with Gasteiger partial charge >= 0.3 is 6.18 Å². The van der Waals surface area contributed by atoms with Gasteiger partial charge in [0.15, 0.2) is 0 Å². The molecule has 0 unspecified atom stereocenters. The second kappa shape index (κ2) is 6.17. The molecule has 114 valence electrons. The number of nitrogens with two attached hydrogens (primary N) is 1. The molecule has 3 N–H and O–H groups in total. The molecule has 0 amide bonds. The first-order valence-electron chi connectivity index (χ1n) is 6.40. The van der Waals surface area contributed by atoms with Crippen LogP contribution in [0.4, 0.5) is 24.5 Å². The van der Waals surface area contributed by atoms with Crippen LogP contribution in [0.3, 0.4) is 0 Å². The highest BCUT2D eigenvalue weighted by Gasteiger charge is 2.27. The van der Waals surface area contributed by atoms with Gasteiger partial charge in [-0.15, -0.1) is 0 Å². The molecule has 0 atom stereocenters. The Hall–Kier alpha value is -2.02. The lowest BCUT2D eigenvalue weighted by molar-refractivity contribution is -0.172. The number of ether oxygens (including phenoxy) is 1. The van der Waals surface area contributed by atoms with Crippen molar-refractivity contribution in [3.05, 3.63) is 30.1 Å². The van der Waals surface area contributed by atoms with Crippen molar-refractivity contribution in [3.8, 4) is 0 Å². The molecular formula is C14H16F3N3O. The van der Waals surface area contributed by atoms with Crippen LogP contribution in [0.5, 0.6) is 0 Å². The van der Waals surface area contributed by atoms with Crippen LogP contribution in [-0.4, -0.2) is 30.9 Å². The van der Waals surface area contributed by atoms with E-state index in [2.05, 4.69) is 15.0 Å². The van der Waals surface area contributed by atoms with Gasteiger partial charge in [-0.05, 0) is 25.1 Å². The van der Waals surface area contributed by atoms with Crippen LogP contribution in [0.2, 0.25) is 0 Å². The van der Waals surface area contributed by atoms with Crippen molar-refractivity contribution < 1.29 is 17.9 Å². The van der Waals surface area contributed by atoms with Gasteiger partial charge in [0.2, 0.25) is 0 Å². The zero-order chi connectivity index (χ0) is 15.5. The van der Waals surface area contributed by atoms with Gasteiger partial charge in [-0.25, -0.2) is 0 Å². The maximum absolute atomic E-state index is 11.9. The number of aromatic nitrogens is 1. The highest BCUT2D eigenvalue weighted by Crippen LogP contribution is 2.28. The number of halogens is 3. The van der Waals surface area contributed by atoms with Gasteiger partial charge in [-0.2, -0.15) is 13.2 Å². The van der Waals surface area contributed by atoms with Crippen molar-refractivity contribution in [1.82, 2.24) is 4.98 Å². The highest BCUT2D eigenvalue weighted by molar-refractivity contribution is 6.00. The Kier molecular flexibility index (Phi) is 4.52. The Morgan fingerprint density at radius 1 is 1.29 bits per heavy atom. The number of pyridine rings is 1. The molecule has 4 nitrogen and oxygen atoms in total. The number of hydrogen-bond acceptors (Lipinski definition) is 4. The predicted molar refractivity (Wildman–Crippen MR) is 76.3 cm³/mol. The molecule has 0 fully saturated rings. The van der Waals surface area contributed by atoms with Gasteiger partial charge in [-0.1, -0.05) is 0 Å². The summed E-state index contributed by atoms with van der Waals surface area (Å²) < 4.78 is 40.4. The lowest BCUT2D eigenvalue weighted by Crippen LogP contribution is -2.20. The second-order valence-corrected chi connectivity index (χ2v) is 4.67. The monoisotopic (exact) mass is 299 g/mol. The van der Waals surface area contributed by atoms with Crippen LogP contribution in [0.25, 0.3) is 10.8 Å². The van der Waals surface area contributed by atoms with Gasteiger partial charge < -0.3 is 15.8 Å². The van der Waals surface area contributed by atoms with Crippen molar-refractivity contribution in [2.45, 2.75) is 13.1 Å². The topological polar surface area (TPSA) is 60.2 Å². The van der Waals surface area contributed by atoms with E-state index in [0.29, 0.717) is 5.69 Å². The number of nitrogens with zero attached hydrogens (tertiary/aromatic N) is 1. The maximum atomic E-state index is 11.9. The average Bonchev–Trinajstić information content (AvgIpc) is 2.39. The third-order valence-electron chi connectivity index (χ3n) is 2.90. The third-order valence-corrected chi connectivity index (χ3v) is 2.90. The van der Waals surface area contributed by atoms with Gasteiger partial charge in [0.25, 0.3) is 0 Å². The molecule has 0 radical (unpaired) electrons. The fraction of sp³-hybridized carbons (Fsp3) is 0.357. The van der Waals surface area contributed by atoms with E-state index >= 15 is 0 Å². The summed E-state index contributed by atoms with van der Waals surface area (Å²) in [6.45, 7) is 0.866. The lowest BCUT2D eigenvalue weighted by Gasteiger charge is -2.12. The van der Waals surface area contributed by atoms with E-state index in [9.17, 15) is 13.2 Å². The zero-order valence-electron chi connectivity index (χ0n) is 11.5. The minimum Gasteiger partial charge on any atom is -0.398 e. The van der Waals surface area contributed by atoms with Crippen molar-refractivity contribution in [1.29, 1.82) is 0 Å². The van der Waals surface area contributed by atoms with Crippen LogP contribution in [0.1, 0.15) is 5.69 Å². The van der Waals surface area contributed by atoms with E-state index < -0.39 is 12.8 Å². The van der Waals surface area contributed by atoms with Crippen molar-refractivity contribution in [2.24, 2.45) is 0 Å². The second-order valence-electron chi connectivity index (χ2n) is 4.67.